The van der Waals surface area contributed by atoms with Gasteiger partial charge in [0.15, 0.2) is 6.04 Å². The van der Waals surface area contributed by atoms with Crippen LogP contribution in [0, 0.1) is 0 Å². The minimum absolute atomic E-state index is 0.201. The van der Waals surface area contributed by atoms with Gasteiger partial charge in [-0.25, -0.2) is 4.98 Å². The molecule has 1 aromatic rings. The SMILES string of the molecule is FC(F)(F)[C@H]1CNCC(c2cc(Cl)nc(Br)c2)=N1. The van der Waals surface area contributed by atoms with Crippen molar-refractivity contribution in [2.24, 2.45) is 4.99 Å². The lowest BCUT2D eigenvalue weighted by Gasteiger charge is -2.23. The van der Waals surface area contributed by atoms with E-state index in [9.17, 15) is 13.2 Å². The molecule has 1 aliphatic rings. The first kappa shape index (κ1) is 13.8. The van der Waals surface area contributed by atoms with Gasteiger partial charge in [-0.2, -0.15) is 13.2 Å². The molecule has 8 heteroatoms. The van der Waals surface area contributed by atoms with Gasteiger partial charge in [0.05, 0.1) is 5.71 Å². The van der Waals surface area contributed by atoms with Gasteiger partial charge >= 0.3 is 6.18 Å². The molecule has 0 fully saturated rings. The first-order valence-electron chi connectivity index (χ1n) is 5.04. The number of halogens is 5. The molecule has 0 aliphatic carbocycles. The fourth-order valence-corrected chi connectivity index (χ4v) is 2.35. The van der Waals surface area contributed by atoms with Crippen LogP contribution < -0.4 is 5.32 Å². The molecular weight excluding hydrogens is 334 g/mol. The van der Waals surface area contributed by atoms with Crippen LogP contribution in [0.25, 0.3) is 0 Å². The van der Waals surface area contributed by atoms with Gasteiger partial charge in [0, 0.05) is 18.7 Å². The molecule has 1 aromatic heterocycles. The maximum absolute atomic E-state index is 12.6. The third-order valence-corrected chi connectivity index (χ3v) is 3.02. The summed E-state index contributed by atoms with van der Waals surface area (Å²) in [7, 11) is 0. The molecule has 0 unspecified atom stereocenters. The Morgan fingerprint density at radius 1 is 1.39 bits per heavy atom. The molecule has 0 spiro atoms. The molecule has 2 heterocycles. The highest BCUT2D eigenvalue weighted by Gasteiger charge is 2.40. The van der Waals surface area contributed by atoms with Crippen LogP contribution in [0.1, 0.15) is 5.56 Å². The minimum atomic E-state index is -4.34. The second-order valence-corrected chi connectivity index (χ2v) is 4.97. The van der Waals surface area contributed by atoms with Crippen LogP contribution in [-0.4, -0.2) is 36.0 Å². The number of aromatic nitrogens is 1. The van der Waals surface area contributed by atoms with Gasteiger partial charge < -0.3 is 5.32 Å². The quantitative estimate of drug-likeness (QED) is 0.797. The molecule has 3 nitrogen and oxygen atoms in total. The summed E-state index contributed by atoms with van der Waals surface area (Å²) in [5.74, 6) is 0. The average molecular weight is 343 g/mol. The van der Waals surface area contributed by atoms with Gasteiger partial charge in [0.2, 0.25) is 0 Å². The van der Waals surface area contributed by atoms with Crippen molar-refractivity contribution in [3.63, 3.8) is 0 Å². The van der Waals surface area contributed by atoms with Crippen LogP contribution >= 0.6 is 27.5 Å². The van der Waals surface area contributed by atoms with Crippen molar-refractivity contribution in [1.29, 1.82) is 0 Å². The number of hydrogen-bond acceptors (Lipinski definition) is 3. The highest BCUT2D eigenvalue weighted by molar-refractivity contribution is 9.10. The molecule has 98 valence electrons. The zero-order chi connectivity index (χ0) is 13.3. The van der Waals surface area contributed by atoms with Gasteiger partial charge in [0.1, 0.15) is 9.76 Å². The Balaban J connectivity index is 2.35. The molecule has 0 aromatic carbocycles. The standard InChI is InChI=1S/C10H8BrClF3N3/c11-8-1-5(2-9(12)18-8)6-3-16-4-7(17-6)10(13,14)15/h1-2,7,16H,3-4H2/t7-/m1/s1. The zero-order valence-corrected chi connectivity index (χ0v) is 11.3. The second-order valence-electron chi connectivity index (χ2n) is 3.77. The maximum Gasteiger partial charge on any atom is 0.411 e. The van der Waals surface area contributed by atoms with Crippen molar-refractivity contribution in [2.75, 3.05) is 13.1 Å². The van der Waals surface area contributed by atoms with Crippen LogP contribution in [-0.2, 0) is 0 Å². The fourth-order valence-electron chi connectivity index (χ4n) is 1.60. The van der Waals surface area contributed by atoms with E-state index in [2.05, 4.69) is 31.2 Å². The summed E-state index contributed by atoms with van der Waals surface area (Å²) in [5, 5.41) is 2.90. The number of nitrogens with one attached hydrogen (secondary N) is 1. The first-order chi connectivity index (χ1) is 8.36. The lowest BCUT2D eigenvalue weighted by molar-refractivity contribution is -0.146. The molecule has 1 N–H and O–H groups in total. The highest BCUT2D eigenvalue weighted by atomic mass is 79.9. The number of pyridine rings is 1. The molecular formula is C10H8BrClF3N3. The molecule has 0 saturated carbocycles. The van der Waals surface area contributed by atoms with Crippen LogP contribution in [0.5, 0.6) is 0 Å². The van der Waals surface area contributed by atoms with Crippen molar-refractivity contribution in [3.8, 4) is 0 Å². The lowest BCUT2D eigenvalue weighted by atomic mass is 10.1. The Hall–Kier alpha value is -0.660. The van der Waals surface area contributed by atoms with E-state index < -0.39 is 12.2 Å². The summed E-state index contributed by atoms with van der Waals surface area (Å²) in [4.78, 5) is 7.61. The summed E-state index contributed by atoms with van der Waals surface area (Å²) in [6.45, 7) is 0.0757. The molecule has 0 radical (unpaired) electrons. The predicted molar refractivity (Wildman–Crippen MR) is 66.2 cm³/mol. The van der Waals surface area contributed by atoms with E-state index in [1.54, 1.807) is 6.07 Å². The molecule has 18 heavy (non-hydrogen) atoms. The van der Waals surface area contributed by atoms with Gasteiger partial charge in [-0.15, -0.1) is 0 Å². The zero-order valence-electron chi connectivity index (χ0n) is 8.93. The molecule has 2 rings (SSSR count). The number of nitrogens with zero attached hydrogens (tertiary/aromatic N) is 2. The van der Waals surface area contributed by atoms with Gasteiger partial charge in [-0.3, -0.25) is 4.99 Å². The van der Waals surface area contributed by atoms with E-state index in [1.807, 2.05) is 0 Å². The Morgan fingerprint density at radius 3 is 2.72 bits per heavy atom. The Bertz CT molecular complexity index is 469. The first-order valence-corrected chi connectivity index (χ1v) is 6.21. The largest absolute Gasteiger partial charge is 0.411 e. The molecule has 1 aliphatic heterocycles. The van der Waals surface area contributed by atoms with Crippen LogP contribution in [0.3, 0.4) is 0 Å². The third-order valence-electron chi connectivity index (χ3n) is 2.42. The summed E-state index contributed by atoms with van der Waals surface area (Å²) in [5.41, 5.74) is 0.858. The number of alkyl halides is 3. The second kappa shape index (κ2) is 5.14. The van der Waals surface area contributed by atoms with Gasteiger partial charge in [-0.05, 0) is 28.1 Å². The third kappa shape index (κ3) is 3.21. The molecule has 1 atom stereocenters. The van der Waals surface area contributed by atoms with E-state index >= 15 is 0 Å². The Labute approximate surface area is 115 Å². The number of rotatable bonds is 1. The minimum Gasteiger partial charge on any atom is -0.309 e. The van der Waals surface area contributed by atoms with Gasteiger partial charge in [0.25, 0.3) is 0 Å². The summed E-state index contributed by atoms with van der Waals surface area (Å²) in [6.07, 6.45) is -4.34. The number of hydrogen-bond donors (Lipinski definition) is 1. The predicted octanol–water partition coefficient (Wildman–Crippen LogP) is 2.82. The summed E-state index contributed by atoms with van der Waals surface area (Å²) < 4.78 is 38.2. The van der Waals surface area contributed by atoms with Crippen molar-refractivity contribution >= 4 is 33.2 Å². The Kier molecular flexibility index (Phi) is 3.93. The maximum atomic E-state index is 12.6. The fraction of sp³-hybridized carbons (Fsp3) is 0.400. The van der Waals surface area contributed by atoms with E-state index in [4.69, 9.17) is 11.6 Å². The van der Waals surface area contributed by atoms with E-state index in [0.29, 0.717) is 15.9 Å². The van der Waals surface area contributed by atoms with Gasteiger partial charge in [-0.1, -0.05) is 11.6 Å². The summed E-state index contributed by atoms with van der Waals surface area (Å²) in [6, 6.07) is 1.36. The monoisotopic (exact) mass is 341 g/mol. The smallest absolute Gasteiger partial charge is 0.309 e. The van der Waals surface area contributed by atoms with Crippen LogP contribution in [0.15, 0.2) is 21.7 Å². The summed E-state index contributed by atoms with van der Waals surface area (Å²) >= 11 is 8.90. The van der Waals surface area contributed by atoms with Crippen LogP contribution in [0.2, 0.25) is 5.15 Å². The highest BCUT2D eigenvalue weighted by Crippen LogP contribution is 2.25. The Morgan fingerprint density at radius 2 is 2.11 bits per heavy atom. The van der Waals surface area contributed by atoms with E-state index in [0.717, 1.165) is 0 Å². The van der Waals surface area contributed by atoms with Crippen molar-refractivity contribution in [2.45, 2.75) is 12.2 Å². The van der Waals surface area contributed by atoms with Crippen LogP contribution in [0.4, 0.5) is 13.2 Å². The molecule has 0 amide bonds. The van der Waals surface area contributed by atoms with E-state index in [1.165, 1.54) is 6.07 Å². The normalized spacial score (nSPS) is 20.7. The van der Waals surface area contributed by atoms with Crippen molar-refractivity contribution in [1.82, 2.24) is 10.3 Å². The molecule has 0 saturated heterocycles. The molecule has 0 bridgehead atoms. The lowest BCUT2D eigenvalue weighted by Crippen LogP contribution is -2.44. The van der Waals surface area contributed by atoms with Crippen molar-refractivity contribution in [3.05, 3.63) is 27.5 Å². The topological polar surface area (TPSA) is 37.3 Å². The van der Waals surface area contributed by atoms with E-state index in [-0.39, 0.29) is 18.2 Å². The van der Waals surface area contributed by atoms with Crippen molar-refractivity contribution < 1.29 is 13.2 Å². The number of aliphatic imine (C=N–C) groups is 1. The average Bonchev–Trinajstić information content (AvgIpc) is 2.27.